The van der Waals surface area contributed by atoms with Gasteiger partial charge in [-0.3, -0.25) is 4.79 Å². The summed E-state index contributed by atoms with van der Waals surface area (Å²) in [5, 5.41) is 6.31. The maximum Gasteiger partial charge on any atom is 0.257 e. The van der Waals surface area contributed by atoms with Gasteiger partial charge in [0.2, 0.25) is 0 Å². The molecule has 0 aliphatic carbocycles. The molecule has 0 aliphatic rings. The minimum absolute atomic E-state index is 0. The minimum atomic E-state index is -0.0585. The Morgan fingerprint density at radius 2 is 1.61 bits per heavy atom. The first-order chi connectivity index (χ1) is 13.3. The number of anilines is 1. The van der Waals surface area contributed by atoms with E-state index in [1.165, 1.54) is 12.8 Å². The number of aromatic nitrogens is 1. The molecule has 0 saturated carbocycles. The van der Waals surface area contributed by atoms with Gasteiger partial charge in [-0.2, -0.15) is 0 Å². The molecule has 0 spiro atoms. The van der Waals surface area contributed by atoms with Crippen LogP contribution in [0.3, 0.4) is 0 Å². The highest BCUT2D eigenvalue weighted by atomic mass is 35.5. The number of amides is 1. The maximum absolute atomic E-state index is 13.1. The Morgan fingerprint density at radius 3 is 2.43 bits per heavy atom. The second-order valence-electron chi connectivity index (χ2n) is 6.94. The van der Waals surface area contributed by atoms with Crippen LogP contribution in [-0.2, 0) is 6.54 Å². The quantitative estimate of drug-likeness (QED) is 0.366. The standard InChI is InChI=1S/C24H24N2O.ClH/c1-2-3-8-16-26-17-21(20-13-6-7-15-23(20)26)24(27)25-22-14-9-11-18-10-4-5-12-19(18)22;/h4-7,9-15,17H,2-3,8,16H2,1H3,(H,25,27);1H. The molecule has 0 aliphatic heterocycles. The van der Waals surface area contributed by atoms with Gasteiger partial charge in [0, 0.05) is 34.7 Å². The Hall–Kier alpha value is -2.78. The third-order valence-electron chi connectivity index (χ3n) is 5.07. The van der Waals surface area contributed by atoms with E-state index in [9.17, 15) is 4.79 Å². The minimum Gasteiger partial charge on any atom is -0.347 e. The van der Waals surface area contributed by atoms with Crippen LogP contribution in [0, 0.1) is 0 Å². The lowest BCUT2D eigenvalue weighted by Crippen LogP contribution is -2.11. The molecular formula is C24H25ClN2O. The van der Waals surface area contributed by atoms with Gasteiger partial charge in [-0.1, -0.05) is 74.4 Å². The summed E-state index contributed by atoms with van der Waals surface area (Å²) in [5.74, 6) is -0.0585. The summed E-state index contributed by atoms with van der Waals surface area (Å²) < 4.78 is 2.21. The van der Waals surface area contributed by atoms with Crippen molar-refractivity contribution in [2.24, 2.45) is 0 Å². The zero-order valence-electron chi connectivity index (χ0n) is 16.0. The average Bonchev–Trinajstić information content (AvgIpc) is 3.08. The molecule has 4 aromatic rings. The smallest absolute Gasteiger partial charge is 0.257 e. The van der Waals surface area contributed by atoms with Gasteiger partial charge in [-0.25, -0.2) is 0 Å². The first kappa shape index (κ1) is 20.0. The summed E-state index contributed by atoms with van der Waals surface area (Å²) in [4.78, 5) is 13.1. The molecule has 1 N–H and O–H groups in total. The summed E-state index contributed by atoms with van der Waals surface area (Å²) in [6.45, 7) is 3.15. The van der Waals surface area contributed by atoms with Crippen LogP contribution in [0.2, 0.25) is 0 Å². The normalized spacial score (nSPS) is 10.8. The first-order valence-electron chi connectivity index (χ1n) is 9.65. The maximum atomic E-state index is 13.1. The molecule has 0 fully saturated rings. The second kappa shape index (κ2) is 8.94. The number of nitrogens with one attached hydrogen (secondary N) is 1. The van der Waals surface area contributed by atoms with Crippen molar-refractivity contribution in [2.45, 2.75) is 32.7 Å². The number of para-hydroxylation sites is 1. The Balaban J connectivity index is 0.00000225. The van der Waals surface area contributed by atoms with Crippen molar-refractivity contribution in [3.05, 3.63) is 78.5 Å². The van der Waals surface area contributed by atoms with Crippen molar-refractivity contribution in [1.29, 1.82) is 0 Å². The fourth-order valence-electron chi connectivity index (χ4n) is 3.67. The number of rotatable bonds is 6. The first-order valence-corrected chi connectivity index (χ1v) is 9.65. The summed E-state index contributed by atoms with van der Waals surface area (Å²) in [5.41, 5.74) is 2.70. The van der Waals surface area contributed by atoms with E-state index in [0.717, 1.165) is 45.9 Å². The van der Waals surface area contributed by atoms with E-state index < -0.39 is 0 Å². The molecular weight excluding hydrogens is 368 g/mol. The van der Waals surface area contributed by atoms with E-state index in [1.54, 1.807) is 0 Å². The van der Waals surface area contributed by atoms with Crippen LogP contribution in [0.15, 0.2) is 72.9 Å². The monoisotopic (exact) mass is 392 g/mol. The van der Waals surface area contributed by atoms with E-state index in [2.05, 4.69) is 35.0 Å². The number of unbranched alkanes of at least 4 members (excludes halogenated alkanes) is 2. The Morgan fingerprint density at radius 1 is 0.893 bits per heavy atom. The highest BCUT2D eigenvalue weighted by molar-refractivity contribution is 6.15. The van der Waals surface area contributed by atoms with Crippen LogP contribution >= 0.6 is 12.4 Å². The third-order valence-corrected chi connectivity index (χ3v) is 5.07. The van der Waals surface area contributed by atoms with Crippen molar-refractivity contribution in [3.63, 3.8) is 0 Å². The van der Waals surface area contributed by atoms with Crippen LogP contribution in [0.4, 0.5) is 5.69 Å². The highest BCUT2D eigenvalue weighted by Crippen LogP contribution is 2.26. The lowest BCUT2D eigenvalue weighted by molar-refractivity contribution is 0.102. The van der Waals surface area contributed by atoms with Gasteiger partial charge in [0.1, 0.15) is 0 Å². The van der Waals surface area contributed by atoms with Gasteiger partial charge in [0.05, 0.1) is 5.56 Å². The van der Waals surface area contributed by atoms with Crippen LogP contribution in [0.5, 0.6) is 0 Å². The summed E-state index contributed by atoms with van der Waals surface area (Å²) in [7, 11) is 0. The second-order valence-corrected chi connectivity index (χ2v) is 6.94. The molecule has 1 amide bonds. The number of aryl methyl sites for hydroxylation is 1. The molecule has 4 rings (SSSR count). The molecule has 3 aromatic carbocycles. The van der Waals surface area contributed by atoms with Gasteiger partial charge >= 0.3 is 0 Å². The van der Waals surface area contributed by atoms with Gasteiger partial charge < -0.3 is 9.88 Å². The number of halogens is 1. The zero-order chi connectivity index (χ0) is 18.6. The number of carbonyl (C=O) groups excluding carboxylic acids is 1. The van der Waals surface area contributed by atoms with E-state index in [1.807, 2.05) is 54.7 Å². The zero-order valence-corrected chi connectivity index (χ0v) is 16.8. The molecule has 1 aromatic heterocycles. The third kappa shape index (κ3) is 3.90. The number of carbonyl (C=O) groups is 1. The Kier molecular flexibility index (Phi) is 6.37. The van der Waals surface area contributed by atoms with Crippen LogP contribution in [-0.4, -0.2) is 10.5 Å². The topological polar surface area (TPSA) is 34.0 Å². The fourth-order valence-corrected chi connectivity index (χ4v) is 3.67. The van der Waals surface area contributed by atoms with E-state index in [-0.39, 0.29) is 18.3 Å². The van der Waals surface area contributed by atoms with Crippen molar-refractivity contribution < 1.29 is 4.79 Å². The molecule has 0 radical (unpaired) electrons. The van der Waals surface area contributed by atoms with Crippen LogP contribution in [0.25, 0.3) is 21.7 Å². The van der Waals surface area contributed by atoms with Crippen molar-refractivity contribution in [1.82, 2.24) is 4.57 Å². The van der Waals surface area contributed by atoms with Gasteiger partial charge in [0.25, 0.3) is 5.91 Å². The number of fused-ring (bicyclic) bond motifs is 2. The number of hydrogen-bond acceptors (Lipinski definition) is 1. The number of nitrogens with zero attached hydrogens (tertiary/aromatic N) is 1. The Labute approximate surface area is 171 Å². The van der Waals surface area contributed by atoms with Crippen molar-refractivity contribution >= 4 is 45.7 Å². The van der Waals surface area contributed by atoms with Gasteiger partial charge in [0.15, 0.2) is 0 Å². The highest BCUT2D eigenvalue weighted by Gasteiger charge is 2.15. The van der Waals surface area contributed by atoms with Crippen molar-refractivity contribution in [3.8, 4) is 0 Å². The van der Waals surface area contributed by atoms with Crippen LogP contribution < -0.4 is 5.32 Å². The van der Waals surface area contributed by atoms with Crippen LogP contribution in [0.1, 0.15) is 36.5 Å². The summed E-state index contributed by atoms with van der Waals surface area (Å²) >= 11 is 0. The molecule has 0 atom stereocenters. The van der Waals surface area contributed by atoms with E-state index in [4.69, 9.17) is 0 Å². The van der Waals surface area contributed by atoms with E-state index in [0.29, 0.717) is 0 Å². The average molecular weight is 393 g/mol. The number of hydrogen-bond donors (Lipinski definition) is 1. The van der Waals surface area contributed by atoms with E-state index >= 15 is 0 Å². The predicted molar refractivity (Wildman–Crippen MR) is 121 cm³/mol. The SMILES string of the molecule is CCCCCn1cc(C(=O)Nc2cccc3ccccc23)c2ccccc21.Cl. The summed E-state index contributed by atoms with van der Waals surface area (Å²) in [6.07, 6.45) is 5.51. The number of benzene rings is 3. The lowest BCUT2D eigenvalue weighted by Gasteiger charge is -2.08. The molecule has 3 nitrogen and oxygen atoms in total. The molecule has 0 saturated heterocycles. The van der Waals surface area contributed by atoms with Gasteiger partial charge in [-0.15, -0.1) is 12.4 Å². The molecule has 0 unspecified atom stereocenters. The molecule has 4 heteroatoms. The largest absolute Gasteiger partial charge is 0.347 e. The predicted octanol–water partition coefficient (Wildman–Crippen LogP) is 6.66. The Bertz CT molecular complexity index is 1090. The fraction of sp³-hybridized carbons (Fsp3) is 0.208. The summed E-state index contributed by atoms with van der Waals surface area (Å²) in [6, 6.07) is 22.3. The molecule has 144 valence electrons. The molecule has 28 heavy (non-hydrogen) atoms. The molecule has 1 heterocycles. The lowest BCUT2D eigenvalue weighted by atomic mass is 10.1. The van der Waals surface area contributed by atoms with Gasteiger partial charge in [-0.05, 0) is 23.9 Å². The van der Waals surface area contributed by atoms with Crippen molar-refractivity contribution in [2.75, 3.05) is 5.32 Å². The molecule has 0 bridgehead atoms.